The Balaban J connectivity index is 2.12. The fraction of sp³-hybridized carbons (Fsp3) is 0.692. The van der Waals surface area contributed by atoms with E-state index in [1.165, 1.54) is 0 Å². The highest BCUT2D eigenvalue weighted by Gasteiger charge is 2.25. The molecule has 0 aromatic carbocycles. The molecule has 1 atom stereocenters. The van der Waals surface area contributed by atoms with E-state index in [1.54, 1.807) is 17.0 Å². The van der Waals surface area contributed by atoms with Gasteiger partial charge in [-0.2, -0.15) is 0 Å². The Bertz CT molecular complexity index is 451. The third-order valence-electron chi connectivity index (χ3n) is 3.19. The van der Waals surface area contributed by atoms with Gasteiger partial charge in [-0.25, -0.2) is 4.98 Å². The highest BCUT2D eigenvalue weighted by molar-refractivity contribution is 5.32. The molecule has 5 nitrogen and oxygen atoms in total. The quantitative estimate of drug-likeness (QED) is 0.799. The van der Waals surface area contributed by atoms with E-state index in [1.807, 2.05) is 0 Å². The lowest BCUT2D eigenvalue weighted by atomic mass is 10.0. The average Bonchev–Trinajstić information content (AvgIpc) is 3.14. The molecule has 18 heavy (non-hydrogen) atoms. The molecule has 1 aliphatic rings. The lowest BCUT2D eigenvalue weighted by Gasteiger charge is -2.19. The van der Waals surface area contributed by atoms with Crippen LogP contribution < -0.4 is 16.6 Å². The van der Waals surface area contributed by atoms with E-state index in [0.29, 0.717) is 24.3 Å². The summed E-state index contributed by atoms with van der Waals surface area (Å²) in [5, 5.41) is 3.18. The van der Waals surface area contributed by atoms with Gasteiger partial charge in [0.25, 0.3) is 5.56 Å². The molecule has 1 heterocycles. The number of hydrogen-bond donors (Lipinski definition) is 2. The van der Waals surface area contributed by atoms with Crippen LogP contribution in [-0.4, -0.2) is 22.1 Å². The largest absolute Gasteiger partial charge is 0.361 e. The minimum atomic E-state index is -0.0257. The summed E-state index contributed by atoms with van der Waals surface area (Å²) in [6, 6.07) is 0.489. The minimum absolute atomic E-state index is 0.0257. The molecule has 3 N–H and O–H groups in total. The molecular formula is C13H22N4O. The molecule has 0 amide bonds. The van der Waals surface area contributed by atoms with Gasteiger partial charge in [-0.05, 0) is 25.2 Å². The van der Waals surface area contributed by atoms with Crippen molar-refractivity contribution in [2.45, 2.75) is 45.2 Å². The van der Waals surface area contributed by atoms with Gasteiger partial charge in [0, 0.05) is 31.0 Å². The summed E-state index contributed by atoms with van der Waals surface area (Å²) in [7, 11) is 0. The van der Waals surface area contributed by atoms with Crippen LogP contribution in [0.2, 0.25) is 0 Å². The first-order valence-corrected chi connectivity index (χ1v) is 6.65. The van der Waals surface area contributed by atoms with E-state index >= 15 is 0 Å². The summed E-state index contributed by atoms with van der Waals surface area (Å²) in [5.41, 5.74) is 5.70. The molecule has 1 unspecified atom stereocenters. The normalized spacial score (nSPS) is 16.9. The maximum absolute atomic E-state index is 12.2. The standard InChI is InChI=1S/C13H22N4O/c1-9(2)7-10(8-14)16-12-13(18)17(6-5-15-12)11-3-4-11/h5-6,9-11H,3-4,7-8,14H2,1-2H3,(H,15,16). The Kier molecular flexibility index (Phi) is 4.01. The molecule has 1 aromatic heterocycles. The van der Waals surface area contributed by atoms with Crippen LogP contribution in [0.25, 0.3) is 0 Å². The molecule has 1 aliphatic carbocycles. The maximum atomic E-state index is 12.2. The van der Waals surface area contributed by atoms with Crippen LogP contribution in [0.4, 0.5) is 5.82 Å². The van der Waals surface area contributed by atoms with E-state index in [2.05, 4.69) is 24.1 Å². The van der Waals surface area contributed by atoms with Crippen molar-refractivity contribution in [2.24, 2.45) is 11.7 Å². The molecule has 0 aliphatic heterocycles. The summed E-state index contributed by atoms with van der Waals surface area (Å²) in [4.78, 5) is 16.3. The van der Waals surface area contributed by atoms with E-state index in [4.69, 9.17) is 5.73 Å². The van der Waals surface area contributed by atoms with Crippen LogP contribution in [0.1, 0.15) is 39.2 Å². The van der Waals surface area contributed by atoms with Crippen molar-refractivity contribution in [1.82, 2.24) is 9.55 Å². The fourth-order valence-electron chi connectivity index (χ4n) is 2.14. The molecule has 0 saturated heterocycles. The summed E-state index contributed by atoms with van der Waals surface area (Å²) < 4.78 is 1.78. The van der Waals surface area contributed by atoms with Gasteiger partial charge < -0.3 is 15.6 Å². The molecule has 0 radical (unpaired) electrons. The zero-order valence-electron chi connectivity index (χ0n) is 11.1. The topological polar surface area (TPSA) is 72.9 Å². The lowest BCUT2D eigenvalue weighted by Crippen LogP contribution is -2.34. The summed E-state index contributed by atoms with van der Waals surface area (Å²) in [6.45, 7) is 4.80. The Labute approximate surface area is 107 Å². The minimum Gasteiger partial charge on any atom is -0.361 e. The molecule has 100 valence electrons. The molecule has 1 saturated carbocycles. The van der Waals surface area contributed by atoms with Crippen molar-refractivity contribution < 1.29 is 0 Å². The lowest BCUT2D eigenvalue weighted by molar-refractivity contribution is 0.519. The molecule has 0 spiro atoms. The SMILES string of the molecule is CC(C)CC(CN)Nc1nccn(C2CC2)c1=O. The van der Waals surface area contributed by atoms with Gasteiger partial charge in [0.05, 0.1) is 0 Å². The monoisotopic (exact) mass is 250 g/mol. The third-order valence-corrected chi connectivity index (χ3v) is 3.19. The number of nitrogens with zero attached hydrogens (tertiary/aromatic N) is 2. The number of aromatic nitrogens is 2. The average molecular weight is 250 g/mol. The Morgan fingerprint density at radius 1 is 1.56 bits per heavy atom. The summed E-state index contributed by atoms with van der Waals surface area (Å²) in [6.07, 6.45) is 6.58. The van der Waals surface area contributed by atoms with E-state index in [0.717, 1.165) is 19.3 Å². The molecule has 1 fully saturated rings. The number of nitrogens with two attached hydrogens (primary N) is 1. The molecule has 5 heteroatoms. The van der Waals surface area contributed by atoms with Crippen LogP contribution in [0, 0.1) is 5.92 Å². The van der Waals surface area contributed by atoms with Gasteiger partial charge in [-0.3, -0.25) is 4.79 Å². The molecule has 2 rings (SSSR count). The summed E-state index contributed by atoms with van der Waals surface area (Å²) in [5.74, 6) is 0.973. The van der Waals surface area contributed by atoms with E-state index < -0.39 is 0 Å². The van der Waals surface area contributed by atoms with Crippen LogP contribution in [-0.2, 0) is 0 Å². The van der Waals surface area contributed by atoms with Crippen molar-refractivity contribution in [3.8, 4) is 0 Å². The first-order valence-electron chi connectivity index (χ1n) is 6.65. The highest BCUT2D eigenvalue weighted by Crippen LogP contribution is 2.33. The zero-order valence-corrected chi connectivity index (χ0v) is 11.1. The zero-order chi connectivity index (χ0) is 13.1. The first kappa shape index (κ1) is 13.1. The molecular weight excluding hydrogens is 228 g/mol. The van der Waals surface area contributed by atoms with Crippen LogP contribution in [0.5, 0.6) is 0 Å². The van der Waals surface area contributed by atoms with Gasteiger partial charge in [0.15, 0.2) is 5.82 Å². The van der Waals surface area contributed by atoms with Crippen molar-refractivity contribution >= 4 is 5.82 Å². The Morgan fingerprint density at radius 2 is 2.28 bits per heavy atom. The van der Waals surface area contributed by atoms with Gasteiger partial charge in [-0.1, -0.05) is 13.8 Å². The van der Waals surface area contributed by atoms with Gasteiger partial charge in [-0.15, -0.1) is 0 Å². The Hall–Kier alpha value is -1.36. The van der Waals surface area contributed by atoms with Crippen molar-refractivity contribution in [1.29, 1.82) is 0 Å². The van der Waals surface area contributed by atoms with Crippen LogP contribution >= 0.6 is 0 Å². The second-order valence-corrected chi connectivity index (χ2v) is 5.43. The van der Waals surface area contributed by atoms with Gasteiger partial charge in [0.1, 0.15) is 0 Å². The van der Waals surface area contributed by atoms with E-state index in [9.17, 15) is 4.79 Å². The molecule has 1 aromatic rings. The van der Waals surface area contributed by atoms with Crippen molar-refractivity contribution in [3.63, 3.8) is 0 Å². The van der Waals surface area contributed by atoms with Gasteiger partial charge >= 0.3 is 0 Å². The van der Waals surface area contributed by atoms with Crippen LogP contribution in [0.15, 0.2) is 17.2 Å². The second kappa shape index (κ2) is 5.52. The van der Waals surface area contributed by atoms with Crippen molar-refractivity contribution in [2.75, 3.05) is 11.9 Å². The smallest absolute Gasteiger partial charge is 0.293 e. The number of anilines is 1. The van der Waals surface area contributed by atoms with E-state index in [-0.39, 0.29) is 11.6 Å². The number of nitrogens with one attached hydrogen (secondary N) is 1. The first-order chi connectivity index (χ1) is 8.61. The Morgan fingerprint density at radius 3 is 2.83 bits per heavy atom. The fourth-order valence-corrected chi connectivity index (χ4v) is 2.14. The summed E-state index contributed by atoms with van der Waals surface area (Å²) >= 11 is 0. The van der Waals surface area contributed by atoms with Crippen LogP contribution in [0.3, 0.4) is 0 Å². The number of hydrogen-bond acceptors (Lipinski definition) is 4. The third kappa shape index (κ3) is 3.10. The predicted molar refractivity (Wildman–Crippen MR) is 72.7 cm³/mol. The predicted octanol–water partition coefficient (Wildman–Crippen LogP) is 1.36. The number of rotatable bonds is 6. The second-order valence-electron chi connectivity index (χ2n) is 5.43. The maximum Gasteiger partial charge on any atom is 0.293 e. The molecule has 0 bridgehead atoms. The van der Waals surface area contributed by atoms with Gasteiger partial charge in [0.2, 0.25) is 0 Å². The van der Waals surface area contributed by atoms with Crippen molar-refractivity contribution in [3.05, 3.63) is 22.7 Å². The highest BCUT2D eigenvalue weighted by atomic mass is 16.1.